The van der Waals surface area contributed by atoms with Gasteiger partial charge in [0.1, 0.15) is 0 Å². The number of rotatable bonds is 5. The fourth-order valence-electron chi connectivity index (χ4n) is 3.09. The first kappa shape index (κ1) is 12.3. The summed E-state index contributed by atoms with van der Waals surface area (Å²) in [5.74, 6) is 0.539. The van der Waals surface area contributed by atoms with E-state index >= 15 is 0 Å². The van der Waals surface area contributed by atoms with E-state index in [1.54, 1.807) is 0 Å². The molecule has 0 bridgehead atoms. The number of hydrogen-bond donors (Lipinski definition) is 1. The summed E-state index contributed by atoms with van der Waals surface area (Å²) in [5, 5.41) is 9.10. The van der Waals surface area contributed by atoms with E-state index in [2.05, 4.69) is 16.8 Å². The molecule has 0 radical (unpaired) electrons. The van der Waals surface area contributed by atoms with Crippen LogP contribution in [0.5, 0.6) is 0 Å². The van der Waals surface area contributed by atoms with E-state index in [1.807, 2.05) is 0 Å². The Morgan fingerprint density at radius 3 is 2.62 bits per heavy atom. The summed E-state index contributed by atoms with van der Waals surface area (Å²) >= 11 is 0. The Morgan fingerprint density at radius 2 is 2.00 bits per heavy atom. The van der Waals surface area contributed by atoms with Gasteiger partial charge in [-0.15, -0.1) is 0 Å². The molecular formula is C13H26N2O. The van der Waals surface area contributed by atoms with Crippen molar-refractivity contribution in [1.82, 2.24) is 9.80 Å². The van der Waals surface area contributed by atoms with Gasteiger partial charge in [-0.25, -0.2) is 0 Å². The second-order valence-electron chi connectivity index (χ2n) is 5.56. The highest BCUT2D eigenvalue weighted by Crippen LogP contribution is 2.22. The molecule has 1 unspecified atom stereocenters. The van der Waals surface area contributed by atoms with Crippen molar-refractivity contribution >= 4 is 0 Å². The topological polar surface area (TPSA) is 26.7 Å². The predicted molar refractivity (Wildman–Crippen MR) is 66.5 cm³/mol. The molecule has 1 aliphatic heterocycles. The summed E-state index contributed by atoms with van der Waals surface area (Å²) in [6.45, 7) is 5.04. The van der Waals surface area contributed by atoms with Crippen molar-refractivity contribution in [2.45, 2.75) is 38.1 Å². The molecule has 16 heavy (non-hydrogen) atoms. The van der Waals surface area contributed by atoms with Crippen molar-refractivity contribution in [3.8, 4) is 0 Å². The molecule has 2 fully saturated rings. The molecule has 1 aliphatic carbocycles. The highest BCUT2D eigenvalue weighted by atomic mass is 16.3. The van der Waals surface area contributed by atoms with Crippen molar-refractivity contribution in [2.75, 3.05) is 39.8 Å². The van der Waals surface area contributed by atoms with Gasteiger partial charge < -0.3 is 14.9 Å². The zero-order valence-corrected chi connectivity index (χ0v) is 10.6. The van der Waals surface area contributed by atoms with Crippen LogP contribution in [-0.2, 0) is 0 Å². The van der Waals surface area contributed by atoms with Gasteiger partial charge in [0.05, 0.1) is 0 Å². The van der Waals surface area contributed by atoms with Gasteiger partial charge in [-0.3, -0.25) is 0 Å². The average Bonchev–Trinajstić information content (AvgIpc) is 2.96. The van der Waals surface area contributed by atoms with Gasteiger partial charge in [0.25, 0.3) is 0 Å². The third-order valence-electron chi connectivity index (χ3n) is 4.35. The Bertz CT molecular complexity index is 204. The molecule has 0 spiro atoms. The lowest BCUT2D eigenvalue weighted by Crippen LogP contribution is -2.36. The van der Waals surface area contributed by atoms with E-state index in [0.717, 1.165) is 12.6 Å². The van der Waals surface area contributed by atoms with Crippen molar-refractivity contribution < 1.29 is 5.11 Å². The highest BCUT2D eigenvalue weighted by Gasteiger charge is 2.23. The van der Waals surface area contributed by atoms with Crippen LogP contribution in [0.25, 0.3) is 0 Å². The molecule has 3 nitrogen and oxygen atoms in total. The molecule has 2 rings (SSSR count). The van der Waals surface area contributed by atoms with Gasteiger partial charge in [0, 0.05) is 32.3 Å². The summed E-state index contributed by atoms with van der Waals surface area (Å²) < 4.78 is 0. The second kappa shape index (κ2) is 5.99. The molecular weight excluding hydrogens is 200 g/mol. The Kier molecular flexibility index (Phi) is 4.62. The van der Waals surface area contributed by atoms with E-state index in [4.69, 9.17) is 5.11 Å². The molecule has 1 N–H and O–H groups in total. The molecule has 0 aromatic heterocycles. The van der Waals surface area contributed by atoms with Gasteiger partial charge in [0.2, 0.25) is 0 Å². The quantitative estimate of drug-likeness (QED) is 0.762. The maximum atomic E-state index is 9.10. The van der Waals surface area contributed by atoms with Crippen LogP contribution in [0, 0.1) is 5.92 Å². The van der Waals surface area contributed by atoms with E-state index in [0.29, 0.717) is 12.5 Å². The van der Waals surface area contributed by atoms with Gasteiger partial charge in [-0.2, -0.15) is 0 Å². The van der Waals surface area contributed by atoms with Gasteiger partial charge in [-0.1, -0.05) is 12.8 Å². The molecule has 1 heterocycles. The molecule has 1 saturated carbocycles. The number of likely N-dealkylation sites (tertiary alicyclic amines) is 1. The van der Waals surface area contributed by atoms with Crippen LogP contribution in [0.1, 0.15) is 32.1 Å². The lowest BCUT2D eigenvalue weighted by atomic mass is 10.1. The fourth-order valence-corrected chi connectivity index (χ4v) is 3.09. The minimum atomic E-state index is 0.370. The summed E-state index contributed by atoms with van der Waals surface area (Å²) in [6, 6.07) is 0.844. The zero-order chi connectivity index (χ0) is 11.4. The first-order chi connectivity index (χ1) is 7.79. The standard InChI is InChI=1S/C13H26N2O/c1-14(13-4-2-3-5-13)8-9-15-7-6-12(10-15)11-16/h12-13,16H,2-11H2,1H3. The third-order valence-corrected chi connectivity index (χ3v) is 4.35. The minimum Gasteiger partial charge on any atom is -0.396 e. The van der Waals surface area contributed by atoms with Crippen molar-refractivity contribution in [3.05, 3.63) is 0 Å². The molecule has 1 saturated heterocycles. The lowest BCUT2D eigenvalue weighted by molar-refractivity contribution is 0.192. The molecule has 0 aromatic carbocycles. The van der Waals surface area contributed by atoms with E-state index in [9.17, 15) is 0 Å². The smallest absolute Gasteiger partial charge is 0.0471 e. The Labute approximate surface area is 99.4 Å². The average molecular weight is 226 g/mol. The number of likely N-dealkylation sites (N-methyl/N-ethyl adjacent to an activating group) is 1. The second-order valence-corrected chi connectivity index (χ2v) is 5.56. The summed E-state index contributed by atoms with van der Waals surface area (Å²) in [6.07, 6.45) is 6.83. The number of aliphatic hydroxyl groups is 1. The van der Waals surface area contributed by atoms with Crippen molar-refractivity contribution in [3.63, 3.8) is 0 Å². The predicted octanol–water partition coefficient (Wildman–Crippen LogP) is 1.17. The first-order valence-corrected chi connectivity index (χ1v) is 6.83. The SMILES string of the molecule is CN(CCN1CCC(CO)C1)C1CCCC1. The fraction of sp³-hybridized carbons (Fsp3) is 1.00. The van der Waals surface area contributed by atoms with Crippen LogP contribution < -0.4 is 0 Å². The Balaban J connectivity index is 1.63. The van der Waals surface area contributed by atoms with Crippen LogP contribution >= 0.6 is 0 Å². The zero-order valence-electron chi connectivity index (χ0n) is 10.6. The van der Waals surface area contributed by atoms with Gasteiger partial charge in [0.15, 0.2) is 0 Å². The van der Waals surface area contributed by atoms with Crippen molar-refractivity contribution in [1.29, 1.82) is 0 Å². The summed E-state index contributed by atoms with van der Waals surface area (Å²) in [5.41, 5.74) is 0. The van der Waals surface area contributed by atoms with Gasteiger partial charge in [-0.05, 0) is 38.8 Å². The van der Waals surface area contributed by atoms with Crippen LogP contribution in [-0.4, -0.2) is 60.8 Å². The highest BCUT2D eigenvalue weighted by molar-refractivity contribution is 4.78. The Morgan fingerprint density at radius 1 is 1.25 bits per heavy atom. The van der Waals surface area contributed by atoms with E-state index in [-0.39, 0.29) is 0 Å². The summed E-state index contributed by atoms with van der Waals surface area (Å²) in [7, 11) is 2.27. The maximum Gasteiger partial charge on any atom is 0.0471 e. The number of nitrogens with zero attached hydrogens (tertiary/aromatic N) is 2. The van der Waals surface area contributed by atoms with E-state index in [1.165, 1.54) is 51.7 Å². The van der Waals surface area contributed by atoms with E-state index < -0.39 is 0 Å². The lowest BCUT2D eigenvalue weighted by Gasteiger charge is -2.26. The molecule has 94 valence electrons. The maximum absolute atomic E-state index is 9.10. The van der Waals surface area contributed by atoms with Crippen molar-refractivity contribution in [2.24, 2.45) is 5.92 Å². The van der Waals surface area contributed by atoms with Gasteiger partial charge >= 0.3 is 0 Å². The number of hydrogen-bond acceptors (Lipinski definition) is 3. The van der Waals surface area contributed by atoms with Crippen LogP contribution in [0.3, 0.4) is 0 Å². The largest absolute Gasteiger partial charge is 0.396 e. The van der Waals surface area contributed by atoms with Crippen LogP contribution in [0.15, 0.2) is 0 Å². The molecule has 2 aliphatic rings. The third kappa shape index (κ3) is 3.19. The van der Waals surface area contributed by atoms with Crippen LogP contribution in [0.4, 0.5) is 0 Å². The monoisotopic (exact) mass is 226 g/mol. The number of aliphatic hydroxyl groups excluding tert-OH is 1. The normalized spacial score (nSPS) is 28.3. The molecule has 0 amide bonds. The molecule has 3 heteroatoms. The molecule has 1 atom stereocenters. The van der Waals surface area contributed by atoms with Crippen LogP contribution in [0.2, 0.25) is 0 Å². The minimum absolute atomic E-state index is 0.370. The first-order valence-electron chi connectivity index (χ1n) is 6.83. The Hall–Kier alpha value is -0.120. The molecule has 0 aromatic rings. The summed E-state index contributed by atoms with van der Waals surface area (Å²) in [4.78, 5) is 5.05.